The fourth-order valence-corrected chi connectivity index (χ4v) is 6.18. The first-order chi connectivity index (χ1) is 19.2. The zero-order chi connectivity index (χ0) is 30.3. The largest absolute Gasteiger partial charge is 0.366 e. The highest BCUT2D eigenvalue weighted by atomic mass is 35.5. The molecule has 214 valence electrons. The maximum atomic E-state index is 15.7. The summed E-state index contributed by atoms with van der Waals surface area (Å²) in [5.41, 5.74) is 3.42. The van der Waals surface area contributed by atoms with E-state index in [0.29, 0.717) is 6.42 Å². The molecule has 1 saturated heterocycles. The quantitative estimate of drug-likeness (QED) is 0.277. The number of hydrogen-bond donors (Lipinski definition) is 3. The second kappa shape index (κ2) is 11.6. The number of nitrogens with two attached hydrogens (primary N) is 1. The lowest BCUT2D eigenvalue weighted by Gasteiger charge is -2.37. The maximum absolute atomic E-state index is 15.7. The topological polar surface area (TPSA) is 108 Å². The van der Waals surface area contributed by atoms with Crippen LogP contribution in [-0.4, -0.2) is 23.9 Å². The lowest BCUT2D eigenvalue weighted by molar-refractivity contribution is -0.118. The van der Waals surface area contributed by atoms with Crippen LogP contribution in [0.15, 0.2) is 54.6 Å². The zero-order valence-corrected chi connectivity index (χ0v) is 24.6. The summed E-state index contributed by atoms with van der Waals surface area (Å²) in [6.07, 6.45) is 0.324. The number of benzene rings is 3. The van der Waals surface area contributed by atoms with Gasteiger partial charge in [0.15, 0.2) is 0 Å². The number of rotatable bonds is 6. The Morgan fingerprint density at radius 3 is 2.37 bits per heavy atom. The van der Waals surface area contributed by atoms with Crippen LogP contribution in [0.25, 0.3) is 0 Å². The van der Waals surface area contributed by atoms with Crippen molar-refractivity contribution in [2.45, 2.75) is 50.6 Å². The van der Waals surface area contributed by atoms with Crippen molar-refractivity contribution in [3.63, 3.8) is 0 Å². The van der Waals surface area contributed by atoms with Crippen molar-refractivity contribution in [3.8, 4) is 6.07 Å². The van der Waals surface area contributed by atoms with Crippen molar-refractivity contribution in [2.75, 3.05) is 5.32 Å². The summed E-state index contributed by atoms with van der Waals surface area (Å²) in [5, 5.41) is 16.8. The van der Waals surface area contributed by atoms with E-state index in [0.717, 1.165) is 6.07 Å². The molecule has 1 aliphatic heterocycles. The Bertz CT molecular complexity index is 1570. The molecule has 0 saturated carbocycles. The van der Waals surface area contributed by atoms with E-state index in [4.69, 9.17) is 40.5 Å². The summed E-state index contributed by atoms with van der Waals surface area (Å²) >= 11 is 18.4. The van der Waals surface area contributed by atoms with Crippen molar-refractivity contribution < 1.29 is 18.4 Å². The Hall–Kier alpha value is -3.22. The Labute approximate surface area is 251 Å². The minimum absolute atomic E-state index is 0.0207. The van der Waals surface area contributed by atoms with E-state index in [1.165, 1.54) is 48.5 Å². The molecular weight excluding hydrogens is 593 g/mol. The monoisotopic (exact) mass is 618 g/mol. The fraction of sp³-hybridized carbons (Fsp3) is 0.300. The third kappa shape index (κ3) is 5.91. The molecular formula is C30H27Cl3F2N4O2. The van der Waals surface area contributed by atoms with E-state index in [9.17, 15) is 14.9 Å². The molecule has 1 heterocycles. The van der Waals surface area contributed by atoms with Gasteiger partial charge in [-0.15, -0.1) is 0 Å². The van der Waals surface area contributed by atoms with Gasteiger partial charge in [0.2, 0.25) is 11.8 Å². The number of amides is 2. The Kier molecular flexibility index (Phi) is 8.68. The predicted octanol–water partition coefficient (Wildman–Crippen LogP) is 6.98. The van der Waals surface area contributed by atoms with Gasteiger partial charge in [0, 0.05) is 28.2 Å². The molecule has 1 aliphatic rings. The standard InChI is InChI=1S/C30H27Cl3F2N4O2/c1-29(2,3)13-23-30(14-36,19-10-7-15(31)11-22(19)34)24(18-5-4-6-20(32)25(18)35)26(39-23)28(41)38-16-8-9-17(27(37)40)21(33)12-16/h4-12,23-24,26,39H,13H2,1-3H3,(H2,37,40)(H,38,41). The summed E-state index contributed by atoms with van der Waals surface area (Å²) in [7, 11) is 0. The molecule has 6 nitrogen and oxygen atoms in total. The first-order valence-electron chi connectivity index (χ1n) is 12.7. The van der Waals surface area contributed by atoms with Crippen molar-refractivity contribution in [1.82, 2.24) is 5.32 Å². The van der Waals surface area contributed by atoms with Gasteiger partial charge in [-0.25, -0.2) is 8.78 Å². The molecule has 2 amide bonds. The van der Waals surface area contributed by atoms with Gasteiger partial charge in [0.25, 0.3) is 0 Å². The molecule has 4 rings (SSSR count). The zero-order valence-electron chi connectivity index (χ0n) is 22.4. The van der Waals surface area contributed by atoms with Gasteiger partial charge in [-0.05, 0) is 53.8 Å². The molecule has 3 aromatic rings. The minimum atomic E-state index is -1.76. The van der Waals surface area contributed by atoms with E-state index < -0.39 is 46.9 Å². The molecule has 0 bridgehead atoms. The van der Waals surface area contributed by atoms with Crippen LogP contribution in [0.5, 0.6) is 0 Å². The van der Waals surface area contributed by atoms with Gasteiger partial charge >= 0.3 is 0 Å². The summed E-state index contributed by atoms with van der Waals surface area (Å²) in [5.74, 6) is -4.19. The molecule has 1 fully saturated rings. The molecule has 41 heavy (non-hydrogen) atoms. The first kappa shape index (κ1) is 30.7. The number of carbonyl (C=O) groups excluding carboxylic acids is 2. The number of anilines is 1. The molecule has 11 heteroatoms. The lowest BCUT2D eigenvalue weighted by Crippen LogP contribution is -2.45. The van der Waals surface area contributed by atoms with Crippen molar-refractivity contribution in [2.24, 2.45) is 11.1 Å². The van der Waals surface area contributed by atoms with Crippen LogP contribution in [0.1, 0.15) is 54.6 Å². The predicted molar refractivity (Wildman–Crippen MR) is 156 cm³/mol. The number of nitrogens with one attached hydrogen (secondary N) is 2. The van der Waals surface area contributed by atoms with Crippen LogP contribution < -0.4 is 16.4 Å². The molecule has 0 radical (unpaired) electrons. The van der Waals surface area contributed by atoms with Crippen molar-refractivity contribution in [3.05, 3.63) is 98.0 Å². The Morgan fingerprint density at radius 1 is 1.07 bits per heavy atom. The van der Waals surface area contributed by atoms with Crippen LogP contribution in [0.4, 0.5) is 14.5 Å². The molecule has 0 aliphatic carbocycles. The highest BCUT2D eigenvalue weighted by Gasteiger charge is 2.61. The molecule has 4 atom stereocenters. The van der Waals surface area contributed by atoms with E-state index >= 15 is 8.78 Å². The molecule has 4 unspecified atom stereocenters. The normalized spacial score (nSPS) is 22.3. The minimum Gasteiger partial charge on any atom is -0.366 e. The maximum Gasteiger partial charge on any atom is 0.250 e. The van der Waals surface area contributed by atoms with Gasteiger partial charge < -0.3 is 16.4 Å². The second-order valence-electron chi connectivity index (χ2n) is 11.2. The Balaban J connectivity index is 1.93. The molecule has 4 N–H and O–H groups in total. The molecule has 0 spiro atoms. The Morgan fingerprint density at radius 2 is 1.78 bits per heavy atom. The number of carbonyl (C=O) groups is 2. The number of hydrogen-bond acceptors (Lipinski definition) is 4. The van der Waals surface area contributed by atoms with E-state index in [1.807, 2.05) is 20.8 Å². The average Bonchev–Trinajstić information content (AvgIpc) is 3.18. The summed E-state index contributed by atoms with van der Waals surface area (Å²) < 4.78 is 31.4. The highest BCUT2D eigenvalue weighted by Crippen LogP contribution is 2.53. The van der Waals surface area contributed by atoms with Crippen LogP contribution in [-0.2, 0) is 10.2 Å². The van der Waals surface area contributed by atoms with Gasteiger partial charge in [-0.1, -0.05) is 73.8 Å². The number of halogens is 5. The van der Waals surface area contributed by atoms with Crippen LogP contribution in [0.3, 0.4) is 0 Å². The number of nitrogens with zero attached hydrogens (tertiary/aromatic N) is 1. The second-order valence-corrected chi connectivity index (χ2v) is 12.5. The van der Waals surface area contributed by atoms with Crippen molar-refractivity contribution >= 4 is 52.3 Å². The van der Waals surface area contributed by atoms with E-state index in [-0.39, 0.29) is 42.9 Å². The number of nitriles is 1. The van der Waals surface area contributed by atoms with Gasteiger partial charge in [-0.3, -0.25) is 9.59 Å². The van der Waals surface area contributed by atoms with Gasteiger partial charge in [-0.2, -0.15) is 5.26 Å². The highest BCUT2D eigenvalue weighted by molar-refractivity contribution is 6.34. The SMILES string of the molecule is CC(C)(C)CC1NC(C(=O)Nc2ccc(C(N)=O)c(Cl)c2)C(c2cccc(Cl)c2F)C1(C#N)c1ccc(Cl)cc1F. The van der Waals surface area contributed by atoms with Crippen molar-refractivity contribution in [1.29, 1.82) is 5.26 Å². The lowest BCUT2D eigenvalue weighted by atomic mass is 9.62. The summed E-state index contributed by atoms with van der Waals surface area (Å²) in [6.45, 7) is 5.83. The smallest absolute Gasteiger partial charge is 0.250 e. The fourth-order valence-electron chi connectivity index (χ4n) is 5.57. The van der Waals surface area contributed by atoms with Gasteiger partial charge in [0.05, 0.1) is 27.7 Å². The third-order valence-corrected chi connectivity index (χ3v) is 8.07. The first-order valence-corrected chi connectivity index (χ1v) is 13.8. The molecule has 0 aromatic heterocycles. The van der Waals surface area contributed by atoms with E-state index in [1.54, 1.807) is 0 Å². The third-order valence-electron chi connectivity index (χ3n) is 7.23. The van der Waals surface area contributed by atoms with Crippen LogP contribution in [0.2, 0.25) is 15.1 Å². The summed E-state index contributed by atoms with van der Waals surface area (Å²) in [4.78, 5) is 25.5. The van der Waals surface area contributed by atoms with Crippen LogP contribution in [0, 0.1) is 28.4 Å². The average molecular weight is 620 g/mol. The summed E-state index contributed by atoms with van der Waals surface area (Å²) in [6, 6.07) is 12.7. The van der Waals surface area contributed by atoms with E-state index in [2.05, 4.69) is 16.7 Å². The molecule has 3 aromatic carbocycles. The van der Waals surface area contributed by atoms with Gasteiger partial charge in [0.1, 0.15) is 17.0 Å². The van der Waals surface area contributed by atoms with Crippen LogP contribution >= 0.6 is 34.8 Å². The number of primary amides is 1.